The van der Waals surface area contributed by atoms with E-state index in [1.807, 2.05) is 32.4 Å². The monoisotopic (exact) mass is 366 g/mol. The Morgan fingerprint density at radius 2 is 1.52 bits per heavy atom. The molecule has 0 saturated heterocycles. The average Bonchev–Trinajstić information content (AvgIpc) is 2.52. The van der Waals surface area contributed by atoms with Crippen LogP contribution >= 0.6 is 14.9 Å². The van der Waals surface area contributed by atoms with Gasteiger partial charge >= 0.3 is 7.60 Å². The van der Waals surface area contributed by atoms with Crippen molar-refractivity contribution in [3.63, 3.8) is 0 Å². The van der Waals surface area contributed by atoms with Crippen LogP contribution in [0.15, 0.2) is 0 Å². The van der Waals surface area contributed by atoms with Gasteiger partial charge in [0, 0.05) is 45.0 Å². The van der Waals surface area contributed by atoms with Gasteiger partial charge < -0.3 is 13.6 Å². The number of nitrogens with zero attached hydrogens (tertiary/aromatic N) is 2. The largest absolute Gasteiger partial charge is 0.330 e. The Morgan fingerprint density at radius 1 is 1.00 bits per heavy atom. The van der Waals surface area contributed by atoms with E-state index in [2.05, 4.69) is 6.07 Å². The first-order chi connectivity index (χ1) is 10.7. The van der Waals surface area contributed by atoms with Crippen molar-refractivity contribution in [3.8, 4) is 6.07 Å². The summed E-state index contributed by atoms with van der Waals surface area (Å²) in [6, 6.07) is 2.13. The number of nitriles is 1. The predicted molar refractivity (Wildman–Crippen MR) is 95.4 cm³/mol. The first-order valence-corrected chi connectivity index (χ1v) is 11.6. The quantitative estimate of drug-likeness (QED) is 0.372. The van der Waals surface area contributed by atoms with Gasteiger partial charge in [0.05, 0.1) is 12.2 Å². The Balaban J connectivity index is 4.85. The summed E-state index contributed by atoms with van der Waals surface area (Å²) in [6.45, 7) is 9.04. The summed E-state index contributed by atoms with van der Waals surface area (Å²) in [7, 11) is -2.76. The Labute approximate surface area is 141 Å². The van der Waals surface area contributed by atoms with E-state index in [1.54, 1.807) is 0 Å². The lowest BCUT2D eigenvalue weighted by atomic mass is 10.3. The van der Waals surface area contributed by atoms with Gasteiger partial charge in [-0.2, -0.15) is 5.26 Å². The molecule has 0 atom stereocenters. The molecule has 136 valence electrons. The second kappa shape index (κ2) is 10.6. The Kier molecular flexibility index (Phi) is 10.6. The summed E-state index contributed by atoms with van der Waals surface area (Å²) in [5.41, 5.74) is 0.0930. The molecule has 0 aliphatic heterocycles. The second-order valence-corrected chi connectivity index (χ2v) is 12.5. The topological polar surface area (TPSA) is 79.6 Å². The fraction of sp³-hybridized carbons (Fsp3) is 0.933. The van der Waals surface area contributed by atoms with Crippen LogP contribution in [0.5, 0.6) is 0 Å². The van der Waals surface area contributed by atoms with Crippen LogP contribution in [0.2, 0.25) is 0 Å². The molecule has 0 fully saturated rings. The van der Waals surface area contributed by atoms with Crippen molar-refractivity contribution in [2.45, 2.75) is 58.3 Å². The highest BCUT2D eigenvalue weighted by molar-refractivity contribution is 7.62. The van der Waals surface area contributed by atoms with Gasteiger partial charge in [-0.15, -0.1) is 0 Å². The molecule has 0 amide bonds. The van der Waals surface area contributed by atoms with E-state index in [0.717, 1.165) is 6.42 Å². The standard InChI is InChI=1S/C15H32N2O4P2/c1-14(2)23(19,15(3)4)17(12-9-10-16)11-7-8-13-22(18,20-5)21-6/h14-15H,7-9,11-13H2,1-6H3. The molecule has 0 N–H and O–H groups in total. The van der Waals surface area contributed by atoms with Crippen LogP contribution in [0.1, 0.15) is 47.0 Å². The van der Waals surface area contributed by atoms with Crippen LogP contribution in [0.25, 0.3) is 0 Å². The van der Waals surface area contributed by atoms with Gasteiger partial charge in [0.2, 0.25) is 0 Å². The maximum atomic E-state index is 13.4. The zero-order valence-electron chi connectivity index (χ0n) is 15.3. The Morgan fingerprint density at radius 3 is 1.91 bits per heavy atom. The molecular weight excluding hydrogens is 334 g/mol. The fourth-order valence-electron chi connectivity index (χ4n) is 2.71. The van der Waals surface area contributed by atoms with Gasteiger partial charge in [-0.1, -0.05) is 27.7 Å². The van der Waals surface area contributed by atoms with Crippen molar-refractivity contribution in [3.05, 3.63) is 0 Å². The fourth-order valence-corrected chi connectivity index (χ4v) is 7.20. The van der Waals surface area contributed by atoms with Crippen molar-refractivity contribution < 1.29 is 18.2 Å². The van der Waals surface area contributed by atoms with Gasteiger partial charge in [0.15, 0.2) is 7.29 Å². The van der Waals surface area contributed by atoms with Gasteiger partial charge in [-0.25, -0.2) is 0 Å². The highest BCUT2D eigenvalue weighted by atomic mass is 31.2. The lowest BCUT2D eigenvalue weighted by Crippen LogP contribution is -2.30. The molecule has 0 aliphatic carbocycles. The van der Waals surface area contributed by atoms with Crippen molar-refractivity contribution in [1.82, 2.24) is 4.67 Å². The van der Waals surface area contributed by atoms with Gasteiger partial charge in [-0.05, 0) is 12.8 Å². The first kappa shape index (κ1) is 22.8. The zero-order chi connectivity index (χ0) is 18.1. The first-order valence-electron chi connectivity index (χ1n) is 8.10. The minimum absolute atomic E-state index is 0.0465. The van der Waals surface area contributed by atoms with E-state index < -0.39 is 14.9 Å². The molecule has 0 bridgehead atoms. The lowest BCUT2D eigenvalue weighted by molar-refractivity contribution is 0.274. The number of unbranched alkanes of at least 4 members (excludes halogenated alkanes) is 1. The molecule has 0 aromatic heterocycles. The van der Waals surface area contributed by atoms with Crippen molar-refractivity contribution >= 4 is 14.9 Å². The van der Waals surface area contributed by atoms with Crippen molar-refractivity contribution in [2.75, 3.05) is 33.5 Å². The molecule has 0 aromatic rings. The van der Waals surface area contributed by atoms with Crippen LogP contribution in [0, 0.1) is 11.3 Å². The average molecular weight is 366 g/mol. The molecular formula is C15H32N2O4P2. The van der Waals surface area contributed by atoms with Crippen LogP contribution in [-0.2, 0) is 18.2 Å². The molecule has 0 spiro atoms. The summed E-state index contributed by atoms with van der Waals surface area (Å²) in [6.07, 6.45) is 2.11. The van der Waals surface area contributed by atoms with E-state index in [1.165, 1.54) is 14.2 Å². The maximum absolute atomic E-state index is 13.4. The van der Waals surface area contributed by atoms with Gasteiger partial charge in [-0.3, -0.25) is 9.24 Å². The number of rotatable bonds is 12. The molecule has 6 nitrogen and oxygen atoms in total. The number of hydrogen-bond donors (Lipinski definition) is 0. The minimum atomic E-state index is -2.98. The Hall–Kier alpha value is -0.170. The summed E-state index contributed by atoms with van der Waals surface area (Å²) in [5, 5.41) is 8.86. The normalized spacial score (nSPS) is 13.0. The third-order valence-corrected chi connectivity index (χ3v) is 10.3. The van der Waals surface area contributed by atoms with E-state index >= 15 is 0 Å². The summed E-state index contributed by atoms with van der Waals surface area (Å²) < 4.78 is 37.3. The second-order valence-electron chi connectivity index (χ2n) is 6.13. The molecule has 0 unspecified atom stereocenters. The molecule has 0 rings (SSSR count). The molecule has 0 aliphatic rings. The van der Waals surface area contributed by atoms with E-state index in [4.69, 9.17) is 14.3 Å². The summed E-state index contributed by atoms with van der Waals surface area (Å²) in [5.74, 6) is 0. The highest BCUT2D eigenvalue weighted by Gasteiger charge is 2.36. The summed E-state index contributed by atoms with van der Waals surface area (Å²) in [4.78, 5) is 0. The molecule has 0 heterocycles. The zero-order valence-corrected chi connectivity index (χ0v) is 17.1. The Bertz CT molecular complexity index is 455. The van der Waals surface area contributed by atoms with Crippen LogP contribution in [0.4, 0.5) is 0 Å². The maximum Gasteiger partial charge on any atom is 0.330 e. The molecule has 0 radical (unpaired) electrons. The van der Waals surface area contributed by atoms with E-state index in [-0.39, 0.29) is 11.3 Å². The lowest BCUT2D eigenvalue weighted by Gasteiger charge is -2.37. The van der Waals surface area contributed by atoms with Crippen molar-refractivity contribution in [1.29, 1.82) is 5.26 Å². The van der Waals surface area contributed by atoms with Gasteiger partial charge in [0.1, 0.15) is 0 Å². The van der Waals surface area contributed by atoms with E-state index in [9.17, 15) is 9.13 Å². The van der Waals surface area contributed by atoms with Crippen LogP contribution in [-0.4, -0.2) is 49.5 Å². The molecule has 23 heavy (non-hydrogen) atoms. The third-order valence-electron chi connectivity index (χ3n) is 4.06. The predicted octanol–water partition coefficient (Wildman–Crippen LogP) is 4.56. The molecule has 8 heteroatoms. The minimum Gasteiger partial charge on any atom is -0.312 e. The van der Waals surface area contributed by atoms with E-state index in [0.29, 0.717) is 32.1 Å². The van der Waals surface area contributed by atoms with Crippen molar-refractivity contribution in [2.24, 2.45) is 0 Å². The molecule has 0 saturated carbocycles. The highest BCUT2D eigenvalue weighted by Crippen LogP contribution is 2.58. The SMILES string of the molecule is COP(=O)(CCCCN(CCC#N)P(=O)(C(C)C)C(C)C)OC. The smallest absolute Gasteiger partial charge is 0.312 e. The van der Waals surface area contributed by atoms with Gasteiger partial charge in [0.25, 0.3) is 0 Å². The summed E-state index contributed by atoms with van der Waals surface area (Å²) >= 11 is 0. The third kappa shape index (κ3) is 6.69. The van der Waals surface area contributed by atoms with Crippen LogP contribution in [0.3, 0.4) is 0 Å². The van der Waals surface area contributed by atoms with Crippen LogP contribution < -0.4 is 0 Å². The molecule has 0 aromatic carbocycles. The number of hydrogen-bond acceptors (Lipinski definition) is 5.